The van der Waals surface area contributed by atoms with Gasteiger partial charge in [-0.05, 0) is 37.5 Å². The Bertz CT molecular complexity index is 572. The standard InChI is InChI=1S/C19H30N4O3/c24-18(15-22-9-11-26-12-10-22)14-20-19(25)21-16-5-4-6-17(13-16)23-7-2-1-3-8-23/h4-6,13,18,24H,1-3,7-12,14-15H2,(H2,20,21,25)/t18-/m0/s1. The molecule has 2 amide bonds. The fraction of sp³-hybridized carbons (Fsp3) is 0.632. The van der Waals surface area contributed by atoms with E-state index >= 15 is 0 Å². The Balaban J connectivity index is 1.42. The molecule has 0 aliphatic carbocycles. The van der Waals surface area contributed by atoms with Crippen LogP contribution in [0.4, 0.5) is 16.2 Å². The van der Waals surface area contributed by atoms with Crippen LogP contribution >= 0.6 is 0 Å². The highest BCUT2D eigenvalue weighted by atomic mass is 16.5. The number of aliphatic hydroxyl groups is 1. The molecule has 3 rings (SSSR count). The van der Waals surface area contributed by atoms with Gasteiger partial charge in [0.05, 0.1) is 19.3 Å². The summed E-state index contributed by atoms with van der Waals surface area (Å²) in [7, 11) is 0. The van der Waals surface area contributed by atoms with Gasteiger partial charge in [-0.1, -0.05) is 6.07 Å². The Morgan fingerprint density at radius 3 is 2.69 bits per heavy atom. The maximum absolute atomic E-state index is 12.1. The van der Waals surface area contributed by atoms with E-state index < -0.39 is 6.10 Å². The molecule has 2 aliphatic heterocycles. The summed E-state index contributed by atoms with van der Waals surface area (Å²) in [6.07, 6.45) is 3.15. The lowest BCUT2D eigenvalue weighted by Gasteiger charge is -2.29. The highest BCUT2D eigenvalue weighted by Gasteiger charge is 2.16. The van der Waals surface area contributed by atoms with Crippen molar-refractivity contribution in [3.8, 4) is 0 Å². The molecule has 3 N–H and O–H groups in total. The van der Waals surface area contributed by atoms with Crippen molar-refractivity contribution in [3.05, 3.63) is 24.3 Å². The SMILES string of the molecule is O=C(NC[C@H](O)CN1CCOCC1)Nc1cccc(N2CCCCC2)c1. The molecule has 1 atom stereocenters. The second kappa shape index (κ2) is 9.75. The lowest BCUT2D eigenvalue weighted by atomic mass is 10.1. The number of hydrogen-bond donors (Lipinski definition) is 3. The lowest BCUT2D eigenvalue weighted by molar-refractivity contribution is 0.0154. The summed E-state index contributed by atoms with van der Waals surface area (Å²) in [6.45, 7) is 5.98. The number of rotatable bonds is 6. The van der Waals surface area contributed by atoms with Crippen molar-refractivity contribution in [3.63, 3.8) is 0 Å². The largest absolute Gasteiger partial charge is 0.390 e. The molecule has 2 saturated heterocycles. The zero-order valence-electron chi connectivity index (χ0n) is 15.3. The second-order valence-electron chi connectivity index (χ2n) is 7.00. The molecule has 26 heavy (non-hydrogen) atoms. The molecule has 1 aromatic rings. The molecule has 2 fully saturated rings. The minimum absolute atomic E-state index is 0.231. The number of urea groups is 1. The third kappa shape index (κ3) is 5.86. The van der Waals surface area contributed by atoms with Gasteiger partial charge < -0.3 is 25.4 Å². The summed E-state index contributed by atoms with van der Waals surface area (Å²) in [5.41, 5.74) is 1.92. The van der Waals surface area contributed by atoms with Gasteiger partial charge in [-0.15, -0.1) is 0 Å². The topological polar surface area (TPSA) is 77.1 Å². The van der Waals surface area contributed by atoms with Gasteiger partial charge in [0.1, 0.15) is 0 Å². The molecule has 144 valence electrons. The number of carbonyl (C=O) groups excluding carboxylic acids is 1. The molecule has 0 spiro atoms. The van der Waals surface area contributed by atoms with Crippen LogP contribution in [0.25, 0.3) is 0 Å². The van der Waals surface area contributed by atoms with Crippen molar-refractivity contribution in [2.75, 3.05) is 62.7 Å². The number of benzene rings is 1. The number of nitrogens with one attached hydrogen (secondary N) is 2. The van der Waals surface area contributed by atoms with Crippen LogP contribution in [0.5, 0.6) is 0 Å². The summed E-state index contributed by atoms with van der Waals surface area (Å²) in [4.78, 5) is 16.6. The van der Waals surface area contributed by atoms with Gasteiger partial charge in [-0.3, -0.25) is 4.90 Å². The normalized spacial score (nSPS) is 19.8. The van der Waals surface area contributed by atoms with E-state index in [1.807, 2.05) is 18.2 Å². The van der Waals surface area contributed by atoms with E-state index in [2.05, 4.69) is 26.5 Å². The quantitative estimate of drug-likeness (QED) is 0.715. The van der Waals surface area contributed by atoms with Crippen molar-refractivity contribution in [2.24, 2.45) is 0 Å². The second-order valence-corrected chi connectivity index (χ2v) is 7.00. The van der Waals surface area contributed by atoms with Crippen LogP contribution in [0.3, 0.4) is 0 Å². The first-order valence-corrected chi connectivity index (χ1v) is 9.59. The van der Waals surface area contributed by atoms with Gasteiger partial charge in [0, 0.05) is 50.6 Å². The summed E-state index contributed by atoms with van der Waals surface area (Å²) in [6, 6.07) is 7.65. The Kier molecular flexibility index (Phi) is 7.11. The highest BCUT2D eigenvalue weighted by Crippen LogP contribution is 2.22. The minimum Gasteiger partial charge on any atom is -0.390 e. The van der Waals surface area contributed by atoms with Gasteiger partial charge in [0.15, 0.2) is 0 Å². The number of piperidine rings is 1. The van der Waals surface area contributed by atoms with Gasteiger partial charge in [0.25, 0.3) is 0 Å². The van der Waals surface area contributed by atoms with E-state index in [1.165, 1.54) is 19.3 Å². The number of aliphatic hydroxyl groups excluding tert-OH is 1. The lowest BCUT2D eigenvalue weighted by Crippen LogP contribution is -2.45. The van der Waals surface area contributed by atoms with Crippen molar-refractivity contribution >= 4 is 17.4 Å². The van der Waals surface area contributed by atoms with Crippen LogP contribution in [-0.2, 0) is 4.74 Å². The number of amides is 2. The first-order valence-electron chi connectivity index (χ1n) is 9.59. The van der Waals surface area contributed by atoms with E-state index in [0.29, 0.717) is 19.8 Å². The van der Waals surface area contributed by atoms with Crippen LogP contribution in [0.1, 0.15) is 19.3 Å². The molecule has 0 saturated carbocycles. The van der Waals surface area contributed by atoms with E-state index in [4.69, 9.17) is 4.74 Å². The molecule has 7 heteroatoms. The molecule has 0 radical (unpaired) electrons. The first kappa shape index (κ1) is 18.9. The van der Waals surface area contributed by atoms with Crippen LogP contribution in [-0.4, -0.2) is 74.6 Å². The van der Waals surface area contributed by atoms with E-state index in [9.17, 15) is 9.90 Å². The minimum atomic E-state index is -0.585. The molecule has 2 aliphatic rings. The molecular formula is C19H30N4O3. The summed E-state index contributed by atoms with van der Waals surface area (Å²) in [5, 5.41) is 15.7. The molecule has 0 bridgehead atoms. The number of carbonyl (C=O) groups is 1. The number of ether oxygens (including phenoxy) is 1. The van der Waals surface area contributed by atoms with Crippen LogP contribution < -0.4 is 15.5 Å². The first-order chi connectivity index (χ1) is 12.7. The van der Waals surface area contributed by atoms with E-state index in [0.717, 1.165) is 37.6 Å². The Morgan fingerprint density at radius 2 is 1.92 bits per heavy atom. The fourth-order valence-corrected chi connectivity index (χ4v) is 3.46. The predicted octanol–water partition coefficient (Wildman–Crippen LogP) is 1.49. The molecule has 7 nitrogen and oxygen atoms in total. The summed E-state index contributed by atoms with van der Waals surface area (Å²) >= 11 is 0. The zero-order chi connectivity index (χ0) is 18.2. The maximum atomic E-state index is 12.1. The Morgan fingerprint density at radius 1 is 1.15 bits per heavy atom. The van der Waals surface area contributed by atoms with E-state index in [-0.39, 0.29) is 12.6 Å². The molecule has 2 heterocycles. The summed E-state index contributed by atoms with van der Waals surface area (Å²) < 4.78 is 5.29. The monoisotopic (exact) mass is 362 g/mol. The van der Waals surface area contributed by atoms with Gasteiger partial charge in [-0.2, -0.15) is 0 Å². The molecule has 0 aromatic heterocycles. The van der Waals surface area contributed by atoms with Gasteiger partial charge in [-0.25, -0.2) is 4.79 Å². The Hall–Kier alpha value is -1.83. The van der Waals surface area contributed by atoms with E-state index in [1.54, 1.807) is 0 Å². The van der Waals surface area contributed by atoms with Crippen molar-refractivity contribution in [2.45, 2.75) is 25.4 Å². The average molecular weight is 362 g/mol. The van der Waals surface area contributed by atoms with Crippen LogP contribution in [0.2, 0.25) is 0 Å². The third-order valence-corrected chi connectivity index (χ3v) is 4.90. The smallest absolute Gasteiger partial charge is 0.319 e. The third-order valence-electron chi connectivity index (χ3n) is 4.90. The number of β-amino-alcohol motifs (C(OH)–C–C–N with tert-alkyl or cyclic N) is 1. The maximum Gasteiger partial charge on any atom is 0.319 e. The average Bonchev–Trinajstić information content (AvgIpc) is 2.68. The van der Waals surface area contributed by atoms with Gasteiger partial charge >= 0.3 is 6.03 Å². The number of nitrogens with zero attached hydrogens (tertiary/aromatic N) is 2. The number of morpholine rings is 1. The predicted molar refractivity (Wildman–Crippen MR) is 103 cm³/mol. The highest BCUT2D eigenvalue weighted by molar-refractivity contribution is 5.89. The van der Waals surface area contributed by atoms with Crippen molar-refractivity contribution in [1.29, 1.82) is 0 Å². The molecule has 0 unspecified atom stereocenters. The van der Waals surface area contributed by atoms with Crippen LogP contribution in [0.15, 0.2) is 24.3 Å². The number of hydrogen-bond acceptors (Lipinski definition) is 5. The van der Waals surface area contributed by atoms with Crippen molar-refractivity contribution in [1.82, 2.24) is 10.2 Å². The van der Waals surface area contributed by atoms with Gasteiger partial charge in [0.2, 0.25) is 0 Å². The number of anilines is 2. The Labute approximate surface area is 155 Å². The van der Waals surface area contributed by atoms with Crippen LogP contribution in [0, 0.1) is 0 Å². The van der Waals surface area contributed by atoms with Crippen molar-refractivity contribution < 1.29 is 14.6 Å². The molecule has 1 aromatic carbocycles. The molecular weight excluding hydrogens is 332 g/mol. The summed E-state index contributed by atoms with van der Waals surface area (Å²) in [5.74, 6) is 0. The zero-order valence-corrected chi connectivity index (χ0v) is 15.3. The fourth-order valence-electron chi connectivity index (χ4n) is 3.46.